The molecule has 2 nitrogen and oxygen atoms in total. The van der Waals surface area contributed by atoms with E-state index in [1.807, 2.05) is 30.3 Å². The minimum atomic E-state index is -0.337. The molecule has 0 saturated heterocycles. The van der Waals surface area contributed by atoms with Gasteiger partial charge in [0.25, 0.3) is 0 Å². The Bertz CT molecular complexity index is 203. The highest BCUT2D eigenvalue weighted by atomic mass is 19.1. The SMILES string of the molecule is FCCCONc1ccccc1. The second-order valence-corrected chi connectivity index (χ2v) is 2.36. The largest absolute Gasteiger partial charge is 0.276 e. The average Bonchev–Trinajstić information content (AvgIpc) is 2.14. The number of hydrogen-bond acceptors (Lipinski definition) is 2. The summed E-state index contributed by atoms with van der Waals surface area (Å²) in [5, 5.41) is 0. The summed E-state index contributed by atoms with van der Waals surface area (Å²) in [6.07, 6.45) is 0.430. The molecule has 0 aliphatic rings. The minimum absolute atomic E-state index is 0.337. The summed E-state index contributed by atoms with van der Waals surface area (Å²) in [5.41, 5.74) is 3.60. The number of alkyl halides is 1. The zero-order chi connectivity index (χ0) is 8.65. The zero-order valence-corrected chi connectivity index (χ0v) is 6.79. The van der Waals surface area contributed by atoms with Crippen LogP contribution >= 0.6 is 0 Å². The summed E-state index contributed by atoms with van der Waals surface area (Å²) in [5.74, 6) is 0. The molecule has 1 aromatic rings. The van der Waals surface area contributed by atoms with Crippen LogP contribution in [-0.2, 0) is 4.84 Å². The second-order valence-electron chi connectivity index (χ2n) is 2.36. The van der Waals surface area contributed by atoms with Gasteiger partial charge >= 0.3 is 0 Å². The highest BCUT2D eigenvalue weighted by Gasteiger charge is 1.88. The summed E-state index contributed by atoms with van der Waals surface area (Å²) in [6, 6.07) is 9.50. The Morgan fingerprint density at radius 2 is 2.00 bits per heavy atom. The second kappa shape index (κ2) is 5.55. The van der Waals surface area contributed by atoms with Crippen molar-refractivity contribution in [1.82, 2.24) is 0 Å². The summed E-state index contributed by atoms with van der Waals surface area (Å²) < 4.78 is 11.6. The van der Waals surface area contributed by atoms with Gasteiger partial charge in [-0.25, -0.2) is 0 Å². The smallest absolute Gasteiger partial charge is 0.0917 e. The van der Waals surface area contributed by atoms with Gasteiger partial charge < -0.3 is 0 Å². The summed E-state index contributed by atoms with van der Waals surface area (Å²) in [6.45, 7) is 0.0574. The maximum absolute atomic E-state index is 11.6. The highest BCUT2D eigenvalue weighted by molar-refractivity contribution is 5.39. The number of para-hydroxylation sites is 1. The van der Waals surface area contributed by atoms with E-state index < -0.39 is 0 Å². The van der Waals surface area contributed by atoms with E-state index >= 15 is 0 Å². The predicted octanol–water partition coefficient (Wildman–Crippen LogP) is 2.39. The third-order valence-corrected chi connectivity index (χ3v) is 1.34. The number of anilines is 1. The van der Waals surface area contributed by atoms with Crippen molar-refractivity contribution in [3.8, 4) is 0 Å². The van der Waals surface area contributed by atoms with Crippen molar-refractivity contribution in [2.24, 2.45) is 0 Å². The number of benzene rings is 1. The van der Waals surface area contributed by atoms with Gasteiger partial charge in [-0.05, 0) is 12.1 Å². The van der Waals surface area contributed by atoms with Crippen LogP contribution in [0.5, 0.6) is 0 Å². The first-order valence-electron chi connectivity index (χ1n) is 3.92. The summed E-state index contributed by atoms with van der Waals surface area (Å²) >= 11 is 0. The van der Waals surface area contributed by atoms with Crippen molar-refractivity contribution in [1.29, 1.82) is 0 Å². The first kappa shape index (κ1) is 9.00. The molecule has 0 fully saturated rings. The lowest BCUT2D eigenvalue weighted by atomic mass is 10.3. The molecule has 0 saturated carbocycles. The number of rotatable bonds is 5. The van der Waals surface area contributed by atoms with Crippen LogP contribution in [0.4, 0.5) is 10.1 Å². The molecule has 12 heavy (non-hydrogen) atoms. The van der Waals surface area contributed by atoms with E-state index in [2.05, 4.69) is 5.48 Å². The standard InChI is InChI=1S/C9H12FNO/c10-7-4-8-12-11-9-5-2-1-3-6-9/h1-3,5-6,11H,4,7-8H2. The van der Waals surface area contributed by atoms with Crippen LogP contribution in [0.1, 0.15) is 6.42 Å². The van der Waals surface area contributed by atoms with Gasteiger partial charge in [0.2, 0.25) is 0 Å². The average molecular weight is 169 g/mol. The molecule has 0 aliphatic carbocycles. The van der Waals surface area contributed by atoms with Crippen molar-refractivity contribution >= 4 is 5.69 Å². The first-order chi connectivity index (χ1) is 5.93. The number of nitrogens with one attached hydrogen (secondary N) is 1. The van der Waals surface area contributed by atoms with Crippen LogP contribution in [0.3, 0.4) is 0 Å². The lowest BCUT2D eigenvalue weighted by Crippen LogP contribution is -2.02. The van der Waals surface area contributed by atoms with Gasteiger partial charge in [-0.15, -0.1) is 0 Å². The molecule has 0 heterocycles. The third kappa shape index (κ3) is 3.34. The quantitative estimate of drug-likeness (QED) is 0.539. The monoisotopic (exact) mass is 169 g/mol. The van der Waals surface area contributed by atoms with Crippen LogP contribution < -0.4 is 5.48 Å². The topological polar surface area (TPSA) is 21.3 Å². The molecule has 0 amide bonds. The molecule has 1 N–H and O–H groups in total. The van der Waals surface area contributed by atoms with Gasteiger partial charge in [-0.1, -0.05) is 18.2 Å². The third-order valence-electron chi connectivity index (χ3n) is 1.34. The molecule has 0 bridgehead atoms. The van der Waals surface area contributed by atoms with Gasteiger partial charge in [-0.2, -0.15) is 0 Å². The van der Waals surface area contributed by atoms with E-state index in [1.165, 1.54) is 0 Å². The Hall–Kier alpha value is -1.09. The molecule has 0 radical (unpaired) electrons. The molecule has 3 heteroatoms. The normalized spacial score (nSPS) is 9.75. The lowest BCUT2D eigenvalue weighted by Gasteiger charge is -2.04. The molecule has 1 aromatic carbocycles. The Morgan fingerprint density at radius 1 is 1.25 bits per heavy atom. The van der Waals surface area contributed by atoms with E-state index in [4.69, 9.17) is 4.84 Å². The van der Waals surface area contributed by atoms with Gasteiger partial charge in [0.15, 0.2) is 0 Å². The van der Waals surface area contributed by atoms with Crippen LogP contribution in [0, 0.1) is 0 Å². The van der Waals surface area contributed by atoms with Gasteiger partial charge in [-0.3, -0.25) is 14.7 Å². The fraction of sp³-hybridized carbons (Fsp3) is 0.333. The van der Waals surface area contributed by atoms with Crippen LogP contribution in [0.25, 0.3) is 0 Å². The molecule has 0 aliphatic heterocycles. The van der Waals surface area contributed by atoms with Crippen molar-refractivity contribution in [3.63, 3.8) is 0 Å². The predicted molar refractivity (Wildman–Crippen MR) is 46.6 cm³/mol. The summed E-state index contributed by atoms with van der Waals surface area (Å²) in [4.78, 5) is 4.97. The van der Waals surface area contributed by atoms with Crippen LogP contribution in [-0.4, -0.2) is 13.3 Å². The van der Waals surface area contributed by atoms with Crippen molar-refractivity contribution in [3.05, 3.63) is 30.3 Å². The molecule has 0 unspecified atom stereocenters. The Kier molecular flexibility index (Phi) is 4.16. The van der Waals surface area contributed by atoms with Crippen molar-refractivity contribution in [2.45, 2.75) is 6.42 Å². The molecular formula is C9H12FNO. The van der Waals surface area contributed by atoms with E-state index in [0.29, 0.717) is 13.0 Å². The maximum atomic E-state index is 11.6. The van der Waals surface area contributed by atoms with Crippen LogP contribution in [0.15, 0.2) is 30.3 Å². The van der Waals surface area contributed by atoms with Crippen molar-refractivity contribution in [2.75, 3.05) is 18.8 Å². The van der Waals surface area contributed by atoms with Crippen molar-refractivity contribution < 1.29 is 9.23 Å². The fourth-order valence-electron chi connectivity index (χ4n) is 0.767. The Morgan fingerprint density at radius 3 is 2.67 bits per heavy atom. The fourth-order valence-corrected chi connectivity index (χ4v) is 0.767. The maximum Gasteiger partial charge on any atom is 0.0917 e. The zero-order valence-electron chi connectivity index (χ0n) is 6.79. The summed E-state index contributed by atoms with van der Waals surface area (Å²) in [7, 11) is 0. The van der Waals surface area contributed by atoms with Gasteiger partial charge in [0, 0.05) is 6.42 Å². The Balaban J connectivity index is 2.16. The molecule has 0 atom stereocenters. The van der Waals surface area contributed by atoms with Gasteiger partial charge in [0.05, 0.1) is 19.0 Å². The number of hydrogen-bond donors (Lipinski definition) is 1. The minimum Gasteiger partial charge on any atom is -0.276 e. The van der Waals surface area contributed by atoms with E-state index in [9.17, 15) is 4.39 Å². The van der Waals surface area contributed by atoms with E-state index in [1.54, 1.807) is 0 Å². The highest BCUT2D eigenvalue weighted by Crippen LogP contribution is 2.04. The molecule has 1 rings (SSSR count). The molecule has 66 valence electrons. The van der Waals surface area contributed by atoms with E-state index in [0.717, 1.165) is 5.69 Å². The van der Waals surface area contributed by atoms with Crippen LogP contribution in [0.2, 0.25) is 0 Å². The van der Waals surface area contributed by atoms with E-state index in [-0.39, 0.29) is 6.67 Å². The molecular weight excluding hydrogens is 157 g/mol. The first-order valence-corrected chi connectivity index (χ1v) is 3.92. The molecule has 0 spiro atoms. The van der Waals surface area contributed by atoms with Gasteiger partial charge in [0.1, 0.15) is 0 Å². The molecule has 0 aromatic heterocycles. The lowest BCUT2D eigenvalue weighted by molar-refractivity contribution is 0.182. The Labute approximate surface area is 71.3 Å². The number of halogens is 1.